The van der Waals surface area contributed by atoms with Crippen LogP contribution in [0.4, 0.5) is 11.4 Å². The smallest absolute Gasteiger partial charge is 0.335 e. The lowest BCUT2D eigenvalue weighted by Gasteiger charge is -2.12. The number of anilines is 2. The summed E-state index contributed by atoms with van der Waals surface area (Å²) in [7, 11) is 0. The monoisotopic (exact) mass is 444 g/mol. The van der Waals surface area contributed by atoms with Gasteiger partial charge in [0.2, 0.25) is 0 Å². The summed E-state index contributed by atoms with van der Waals surface area (Å²) in [6.07, 6.45) is 0. The molecule has 0 saturated carbocycles. The number of phenols is 1. The summed E-state index contributed by atoms with van der Waals surface area (Å²) in [5, 5.41) is 31.6. The van der Waals surface area contributed by atoms with Gasteiger partial charge in [0.15, 0.2) is 0 Å². The maximum atomic E-state index is 11.7. The minimum absolute atomic E-state index is 0.0294. The van der Waals surface area contributed by atoms with E-state index in [1.54, 1.807) is 37.3 Å². The van der Waals surface area contributed by atoms with Crippen molar-refractivity contribution < 1.29 is 19.8 Å². The highest BCUT2D eigenvalue weighted by Gasteiger charge is 2.28. The third-order valence-corrected chi connectivity index (χ3v) is 5.24. The fourth-order valence-corrected chi connectivity index (χ4v) is 3.15. The van der Waals surface area contributed by atoms with E-state index in [9.17, 15) is 14.7 Å². The Labute approximate surface area is 191 Å². The first-order valence-corrected chi connectivity index (χ1v) is 10.1. The van der Waals surface area contributed by atoms with Gasteiger partial charge in [-0.05, 0) is 67.8 Å². The third-order valence-electron chi connectivity index (χ3n) is 5.24. The SMILES string of the molecule is CC1=NN(c2ccc(C)c(C)c2)C(=O)C1=N.Nc1cccc(-c2cccc(C(=O)O)c2)c1O. The highest BCUT2D eigenvalue weighted by Crippen LogP contribution is 2.33. The fourth-order valence-electron chi connectivity index (χ4n) is 3.15. The quantitative estimate of drug-likeness (QED) is 0.350. The number of hydrogen-bond donors (Lipinski definition) is 4. The number of amides is 1. The number of rotatable bonds is 3. The van der Waals surface area contributed by atoms with E-state index in [2.05, 4.69) is 5.10 Å². The number of nitrogens with one attached hydrogen (secondary N) is 1. The molecule has 3 aromatic rings. The van der Waals surface area contributed by atoms with Crippen LogP contribution >= 0.6 is 0 Å². The molecule has 1 amide bonds. The van der Waals surface area contributed by atoms with Gasteiger partial charge in [-0.15, -0.1) is 0 Å². The standard InChI is InChI=1S/C13H11NO3.C12H13N3O/c14-11-6-2-5-10(12(11)15)8-3-1-4-9(7-8)13(16)17;1-7-4-5-10(6-8(7)2)15-12(16)11(13)9(3)14-15/h1-7,15H,14H2,(H,16,17);4-6,13H,1-3H3. The maximum Gasteiger partial charge on any atom is 0.335 e. The van der Waals surface area contributed by atoms with Crippen LogP contribution in [0.25, 0.3) is 11.1 Å². The normalized spacial score (nSPS) is 12.8. The van der Waals surface area contributed by atoms with Gasteiger partial charge >= 0.3 is 5.97 Å². The van der Waals surface area contributed by atoms with E-state index in [0.717, 1.165) is 11.3 Å². The molecule has 8 heteroatoms. The Morgan fingerprint density at radius 1 is 1.00 bits per heavy atom. The van der Waals surface area contributed by atoms with Crippen molar-refractivity contribution in [3.8, 4) is 16.9 Å². The van der Waals surface area contributed by atoms with Gasteiger partial charge in [-0.2, -0.15) is 10.1 Å². The zero-order chi connectivity index (χ0) is 24.3. The molecule has 4 rings (SSSR count). The fraction of sp³-hybridized carbons (Fsp3) is 0.120. The van der Waals surface area contributed by atoms with Gasteiger partial charge in [0.1, 0.15) is 11.5 Å². The van der Waals surface area contributed by atoms with Crippen LogP contribution in [0.1, 0.15) is 28.4 Å². The number of aryl methyl sites for hydroxylation is 2. The summed E-state index contributed by atoms with van der Waals surface area (Å²) in [5.41, 5.74) is 10.6. The molecule has 0 radical (unpaired) electrons. The number of aromatic hydroxyl groups is 1. The Kier molecular flexibility index (Phi) is 6.58. The van der Waals surface area contributed by atoms with Gasteiger partial charge in [0.05, 0.1) is 22.6 Å². The minimum atomic E-state index is -1.00. The lowest BCUT2D eigenvalue weighted by molar-refractivity contribution is -0.112. The number of phenolic OH excluding ortho intramolecular Hbond substituents is 1. The van der Waals surface area contributed by atoms with Crippen molar-refractivity contribution in [2.45, 2.75) is 20.8 Å². The number of para-hydroxylation sites is 1. The summed E-state index contributed by atoms with van der Waals surface area (Å²) >= 11 is 0. The molecule has 168 valence electrons. The van der Waals surface area contributed by atoms with E-state index < -0.39 is 5.97 Å². The highest BCUT2D eigenvalue weighted by molar-refractivity contribution is 6.70. The molecule has 0 atom stereocenters. The predicted octanol–water partition coefficient (Wildman–Crippen LogP) is 4.39. The average molecular weight is 444 g/mol. The summed E-state index contributed by atoms with van der Waals surface area (Å²) in [4.78, 5) is 22.5. The van der Waals surface area contributed by atoms with Crippen molar-refractivity contribution in [1.29, 1.82) is 5.41 Å². The van der Waals surface area contributed by atoms with Crippen molar-refractivity contribution in [3.63, 3.8) is 0 Å². The molecular weight excluding hydrogens is 420 g/mol. The van der Waals surface area contributed by atoms with E-state index in [1.807, 2.05) is 32.0 Å². The molecule has 0 aromatic heterocycles. The molecule has 0 spiro atoms. The number of carbonyl (C=O) groups is 2. The van der Waals surface area contributed by atoms with Crippen LogP contribution in [0.15, 0.2) is 65.8 Å². The van der Waals surface area contributed by atoms with E-state index in [1.165, 1.54) is 22.7 Å². The molecule has 0 unspecified atom stereocenters. The number of carboxylic acid groups (broad SMARTS) is 1. The summed E-state index contributed by atoms with van der Waals surface area (Å²) in [6.45, 7) is 5.67. The van der Waals surface area contributed by atoms with Crippen LogP contribution in [-0.2, 0) is 4.79 Å². The summed E-state index contributed by atoms with van der Waals surface area (Å²) < 4.78 is 0. The van der Waals surface area contributed by atoms with E-state index in [0.29, 0.717) is 16.8 Å². The average Bonchev–Trinajstić information content (AvgIpc) is 3.05. The van der Waals surface area contributed by atoms with Gasteiger partial charge in [0, 0.05) is 5.56 Å². The Bertz CT molecular complexity index is 1300. The largest absolute Gasteiger partial charge is 0.505 e. The van der Waals surface area contributed by atoms with E-state index in [-0.39, 0.29) is 28.6 Å². The van der Waals surface area contributed by atoms with Crippen LogP contribution in [0, 0.1) is 19.3 Å². The van der Waals surface area contributed by atoms with Gasteiger partial charge in [-0.1, -0.05) is 30.3 Å². The minimum Gasteiger partial charge on any atom is -0.505 e. The molecule has 0 saturated heterocycles. The number of benzene rings is 3. The number of nitrogens with two attached hydrogens (primary N) is 1. The van der Waals surface area contributed by atoms with Crippen molar-refractivity contribution in [3.05, 3.63) is 77.4 Å². The molecule has 3 aromatic carbocycles. The van der Waals surface area contributed by atoms with E-state index >= 15 is 0 Å². The first-order valence-electron chi connectivity index (χ1n) is 10.1. The Hall–Kier alpha value is -4.46. The first kappa shape index (κ1) is 23.2. The van der Waals surface area contributed by atoms with Crippen LogP contribution < -0.4 is 10.7 Å². The molecule has 1 heterocycles. The molecule has 0 bridgehead atoms. The zero-order valence-corrected chi connectivity index (χ0v) is 18.5. The number of nitrogen functional groups attached to an aromatic ring is 1. The Morgan fingerprint density at radius 3 is 2.30 bits per heavy atom. The van der Waals surface area contributed by atoms with Gasteiger partial charge < -0.3 is 15.9 Å². The molecular formula is C25H24N4O4. The van der Waals surface area contributed by atoms with Crippen LogP contribution in [0.3, 0.4) is 0 Å². The van der Waals surface area contributed by atoms with Gasteiger partial charge in [-0.3, -0.25) is 10.2 Å². The van der Waals surface area contributed by atoms with Crippen LogP contribution in [0.5, 0.6) is 5.75 Å². The van der Waals surface area contributed by atoms with Crippen molar-refractivity contribution in [2.24, 2.45) is 5.10 Å². The molecule has 0 fully saturated rings. The topological polar surface area (TPSA) is 140 Å². The number of nitrogens with zero attached hydrogens (tertiary/aromatic N) is 2. The number of hydrazone groups is 1. The second kappa shape index (κ2) is 9.35. The molecule has 1 aliphatic heterocycles. The van der Waals surface area contributed by atoms with Crippen LogP contribution in [-0.4, -0.2) is 33.5 Å². The predicted molar refractivity (Wildman–Crippen MR) is 129 cm³/mol. The number of aromatic carboxylic acids is 1. The lowest BCUT2D eigenvalue weighted by atomic mass is 10.0. The van der Waals surface area contributed by atoms with Gasteiger partial charge in [0.25, 0.3) is 5.91 Å². The summed E-state index contributed by atoms with van der Waals surface area (Å²) in [5.74, 6) is -1.40. The first-order chi connectivity index (χ1) is 15.6. The second-order valence-corrected chi connectivity index (χ2v) is 7.58. The summed E-state index contributed by atoms with van der Waals surface area (Å²) in [6, 6.07) is 17.0. The van der Waals surface area contributed by atoms with Gasteiger partial charge in [-0.25, -0.2) is 4.79 Å². The third kappa shape index (κ3) is 4.90. The molecule has 0 aliphatic carbocycles. The molecule has 8 nitrogen and oxygen atoms in total. The molecule has 1 aliphatic rings. The van der Waals surface area contributed by atoms with Crippen LogP contribution in [0.2, 0.25) is 0 Å². The van der Waals surface area contributed by atoms with E-state index in [4.69, 9.17) is 16.2 Å². The van der Waals surface area contributed by atoms with Crippen molar-refractivity contribution >= 4 is 34.7 Å². The Morgan fingerprint density at radius 2 is 1.70 bits per heavy atom. The molecule has 33 heavy (non-hydrogen) atoms. The zero-order valence-electron chi connectivity index (χ0n) is 18.5. The highest BCUT2D eigenvalue weighted by atomic mass is 16.4. The van der Waals surface area contributed by atoms with Crippen molar-refractivity contribution in [1.82, 2.24) is 0 Å². The maximum absolute atomic E-state index is 11.7. The number of carboxylic acids is 1. The second-order valence-electron chi connectivity index (χ2n) is 7.58. The van der Waals surface area contributed by atoms with Crippen molar-refractivity contribution in [2.75, 3.05) is 10.7 Å². The Balaban J connectivity index is 0.000000186. The number of carbonyl (C=O) groups excluding carboxylic acids is 1. The molecule has 5 N–H and O–H groups in total. The number of hydrogen-bond acceptors (Lipinski definition) is 6. The lowest BCUT2D eigenvalue weighted by Crippen LogP contribution is -2.26.